The standard InChI is InChI=1S/C11H17N3O5S/c1-9(15)13-10(11(16)17)7-20(18,19)6-2-4-14-5-3-12-8-14/h3,5,8,10H,2,4,6-7H2,1H3,(H,13,15)(H,16,17)/t10-/m0/s1. The Bertz CT molecular complexity index is 553. The lowest BCUT2D eigenvalue weighted by molar-refractivity contribution is -0.140. The van der Waals surface area contributed by atoms with E-state index in [9.17, 15) is 18.0 Å². The third kappa shape index (κ3) is 5.83. The highest BCUT2D eigenvalue weighted by Gasteiger charge is 2.25. The number of amides is 1. The number of aromatic nitrogens is 2. The van der Waals surface area contributed by atoms with E-state index in [1.165, 1.54) is 0 Å². The van der Waals surface area contributed by atoms with Gasteiger partial charge in [0.2, 0.25) is 5.91 Å². The van der Waals surface area contributed by atoms with Crippen molar-refractivity contribution in [2.75, 3.05) is 11.5 Å². The Hall–Kier alpha value is -1.90. The molecule has 0 spiro atoms. The summed E-state index contributed by atoms with van der Waals surface area (Å²) in [4.78, 5) is 25.5. The van der Waals surface area contributed by atoms with Gasteiger partial charge < -0.3 is 15.0 Å². The number of nitrogens with zero attached hydrogens (tertiary/aromatic N) is 2. The van der Waals surface area contributed by atoms with Crippen molar-refractivity contribution in [1.82, 2.24) is 14.9 Å². The van der Waals surface area contributed by atoms with Gasteiger partial charge in [0, 0.05) is 25.9 Å². The summed E-state index contributed by atoms with van der Waals surface area (Å²) in [7, 11) is -3.55. The van der Waals surface area contributed by atoms with Crippen LogP contribution in [0.1, 0.15) is 13.3 Å². The molecule has 20 heavy (non-hydrogen) atoms. The molecule has 0 unspecified atom stereocenters. The van der Waals surface area contributed by atoms with E-state index in [4.69, 9.17) is 5.11 Å². The van der Waals surface area contributed by atoms with Gasteiger partial charge in [0.05, 0.1) is 17.8 Å². The smallest absolute Gasteiger partial charge is 0.327 e. The van der Waals surface area contributed by atoms with Gasteiger partial charge in [0.15, 0.2) is 9.84 Å². The van der Waals surface area contributed by atoms with E-state index in [1.54, 1.807) is 23.3 Å². The summed E-state index contributed by atoms with van der Waals surface area (Å²) in [6.07, 6.45) is 5.23. The zero-order chi connectivity index (χ0) is 15.2. The fourth-order valence-electron chi connectivity index (χ4n) is 1.64. The quantitative estimate of drug-likeness (QED) is 0.654. The van der Waals surface area contributed by atoms with Gasteiger partial charge in [0.25, 0.3) is 0 Å². The van der Waals surface area contributed by atoms with Crippen LogP contribution in [-0.4, -0.2) is 52.5 Å². The molecule has 0 fully saturated rings. The van der Waals surface area contributed by atoms with Crippen LogP contribution in [0.4, 0.5) is 0 Å². The number of hydrogen-bond donors (Lipinski definition) is 2. The molecule has 0 aliphatic heterocycles. The maximum atomic E-state index is 11.8. The molecular weight excluding hydrogens is 286 g/mol. The van der Waals surface area contributed by atoms with E-state index in [2.05, 4.69) is 10.3 Å². The van der Waals surface area contributed by atoms with Crippen LogP contribution in [0.15, 0.2) is 18.7 Å². The van der Waals surface area contributed by atoms with E-state index in [0.717, 1.165) is 6.92 Å². The number of sulfone groups is 1. The van der Waals surface area contributed by atoms with Crippen molar-refractivity contribution in [3.05, 3.63) is 18.7 Å². The SMILES string of the molecule is CC(=O)N[C@@H](CS(=O)(=O)CCCn1ccnc1)C(=O)O. The van der Waals surface area contributed by atoms with Crippen molar-refractivity contribution in [3.63, 3.8) is 0 Å². The van der Waals surface area contributed by atoms with E-state index < -0.39 is 33.5 Å². The molecule has 2 N–H and O–H groups in total. The molecule has 0 saturated carbocycles. The largest absolute Gasteiger partial charge is 0.480 e. The Labute approximate surface area is 116 Å². The lowest BCUT2D eigenvalue weighted by Crippen LogP contribution is -2.44. The Balaban J connectivity index is 2.50. The average molecular weight is 303 g/mol. The van der Waals surface area contributed by atoms with Crippen LogP contribution in [0.25, 0.3) is 0 Å². The number of carbonyl (C=O) groups is 2. The predicted molar refractivity (Wildman–Crippen MR) is 70.7 cm³/mol. The molecule has 112 valence electrons. The van der Waals surface area contributed by atoms with Gasteiger partial charge in [0.1, 0.15) is 6.04 Å². The number of imidazole rings is 1. The first-order valence-corrected chi connectivity index (χ1v) is 7.78. The first-order chi connectivity index (χ1) is 9.30. The van der Waals surface area contributed by atoms with E-state index in [0.29, 0.717) is 13.0 Å². The molecule has 1 aromatic rings. The molecule has 8 nitrogen and oxygen atoms in total. The summed E-state index contributed by atoms with van der Waals surface area (Å²) in [5.41, 5.74) is 0. The van der Waals surface area contributed by atoms with E-state index >= 15 is 0 Å². The summed E-state index contributed by atoms with van der Waals surface area (Å²) in [6, 6.07) is -1.41. The lowest BCUT2D eigenvalue weighted by atomic mass is 10.3. The third-order valence-corrected chi connectivity index (χ3v) is 4.28. The van der Waals surface area contributed by atoms with Crippen LogP contribution >= 0.6 is 0 Å². The molecule has 0 aromatic carbocycles. The molecule has 0 saturated heterocycles. The first kappa shape index (κ1) is 16.2. The number of aliphatic carboxylic acids is 1. The number of carboxylic acids is 1. The first-order valence-electron chi connectivity index (χ1n) is 5.96. The lowest BCUT2D eigenvalue weighted by Gasteiger charge is -2.13. The van der Waals surface area contributed by atoms with Crippen LogP contribution in [0, 0.1) is 0 Å². The number of carbonyl (C=O) groups excluding carboxylic acids is 1. The van der Waals surface area contributed by atoms with E-state index in [1.807, 2.05) is 0 Å². The van der Waals surface area contributed by atoms with Gasteiger partial charge in [-0.05, 0) is 6.42 Å². The fraction of sp³-hybridized carbons (Fsp3) is 0.545. The molecule has 1 atom stereocenters. The molecule has 0 aliphatic carbocycles. The minimum atomic E-state index is -3.55. The number of carboxylic acid groups (broad SMARTS) is 1. The molecule has 0 bridgehead atoms. The molecule has 1 amide bonds. The van der Waals surface area contributed by atoms with Crippen LogP contribution in [-0.2, 0) is 26.0 Å². The monoisotopic (exact) mass is 303 g/mol. The Morgan fingerprint density at radius 2 is 2.15 bits per heavy atom. The van der Waals surface area contributed by atoms with E-state index in [-0.39, 0.29) is 5.75 Å². The van der Waals surface area contributed by atoms with Gasteiger partial charge in [-0.2, -0.15) is 0 Å². The van der Waals surface area contributed by atoms with Crippen molar-refractivity contribution in [3.8, 4) is 0 Å². The molecule has 0 aliphatic rings. The average Bonchev–Trinajstić information content (AvgIpc) is 2.79. The molecular formula is C11H17N3O5S. The summed E-state index contributed by atoms with van der Waals surface area (Å²) >= 11 is 0. The summed E-state index contributed by atoms with van der Waals surface area (Å²) in [5, 5.41) is 11.0. The Morgan fingerprint density at radius 3 is 2.65 bits per heavy atom. The number of aryl methyl sites for hydroxylation is 1. The summed E-state index contributed by atoms with van der Waals surface area (Å²) in [6.45, 7) is 1.62. The number of rotatable bonds is 8. The highest BCUT2D eigenvalue weighted by molar-refractivity contribution is 7.91. The summed E-state index contributed by atoms with van der Waals surface area (Å²) < 4.78 is 25.4. The zero-order valence-corrected chi connectivity index (χ0v) is 11.8. The van der Waals surface area contributed by atoms with Crippen molar-refractivity contribution in [1.29, 1.82) is 0 Å². The normalized spacial score (nSPS) is 12.8. The Kier molecular flexibility index (Phi) is 5.68. The second-order valence-electron chi connectivity index (χ2n) is 4.36. The minimum absolute atomic E-state index is 0.144. The van der Waals surface area contributed by atoms with Gasteiger partial charge in [-0.15, -0.1) is 0 Å². The topological polar surface area (TPSA) is 118 Å². The molecule has 1 aromatic heterocycles. The fourth-order valence-corrected chi connectivity index (χ4v) is 3.11. The van der Waals surface area contributed by atoms with Gasteiger partial charge in [-0.1, -0.05) is 0 Å². The highest BCUT2D eigenvalue weighted by Crippen LogP contribution is 2.01. The Morgan fingerprint density at radius 1 is 1.45 bits per heavy atom. The highest BCUT2D eigenvalue weighted by atomic mass is 32.2. The van der Waals surface area contributed by atoms with Gasteiger partial charge in [-0.25, -0.2) is 18.2 Å². The second kappa shape index (κ2) is 7.04. The number of hydrogen-bond acceptors (Lipinski definition) is 5. The molecule has 1 rings (SSSR count). The molecule has 9 heteroatoms. The zero-order valence-electron chi connectivity index (χ0n) is 11.0. The van der Waals surface area contributed by atoms with Crippen molar-refractivity contribution < 1.29 is 23.1 Å². The molecule has 1 heterocycles. The van der Waals surface area contributed by atoms with Crippen LogP contribution in [0.2, 0.25) is 0 Å². The third-order valence-electron chi connectivity index (χ3n) is 2.53. The van der Waals surface area contributed by atoms with Gasteiger partial charge in [-0.3, -0.25) is 4.79 Å². The molecule has 0 radical (unpaired) electrons. The van der Waals surface area contributed by atoms with Crippen LogP contribution in [0.5, 0.6) is 0 Å². The van der Waals surface area contributed by atoms with Crippen LogP contribution < -0.4 is 5.32 Å². The summed E-state index contributed by atoms with van der Waals surface area (Å²) in [5.74, 6) is -2.69. The maximum absolute atomic E-state index is 11.8. The van der Waals surface area contributed by atoms with Gasteiger partial charge >= 0.3 is 5.97 Å². The van der Waals surface area contributed by atoms with Crippen molar-refractivity contribution in [2.24, 2.45) is 0 Å². The van der Waals surface area contributed by atoms with Crippen molar-refractivity contribution >= 4 is 21.7 Å². The maximum Gasteiger partial charge on any atom is 0.327 e. The predicted octanol–water partition coefficient (Wildman–Crippen LogP) is -0.723. The minimum Gasteiger partial charge on any atom is -0.480 e. The number of nitrogens with one attached hydrogen (secondary N) is 1. The van der Waals surface area contributed by atoms with Crippen LogP contribution in [0.3, 0.4) is 0 Å². The van der Waals surface area contributed by atoms with Crippen molar-refractivity contribution in [2.45, 2.75) is 25.9 Å². The second-order valence-corrected chi connectivity index (χ2v) is 6.59.